The van der Waals surface area contributed by atoms with Crippen molar-refractivity contribution in [3.63, 3.8) is 0 Å². The number of amides is 2. The molecule has 0 radical (unpaired) electrons. The zero-order chi connectivity index (χ0) is 17.7. The van der Waals surface area contributed by atoms with E-state index in [0.717, 1.165) is 16.8 Å². The summed E-state index contributed by atoms with van der Waals surface area (Å²) in [7, 11) is 1.43. The predicted octanol–water partition coefficient (Wildman–Crippen LogP) is 3.79. The minimum Gasteiger partial charge on any atom is -0.375 e. The van der Waals surface area contributed by atoms with Crippen molar-refractivity contribution in [1.82, 2.24) is 0 Å². The van der Waals surface area contributed by atoms with E-state index in [1.807, 2.05) is 32.0 Å². The first-order valence-corrected chi connectivity index (χ1v) is 7.75. The summed E-state index contributed by atoms with van der Waals surface area (Å²) in [5.74, 6) is -0.620. The zero-order valence-electron chi connectivity index (χ0n) is 13.8. The SMILES string of the molecule is COCC(=O)Nc1cc(C(=O)Nc2cc(C)cc(C)c2)ccc1Cl. The van der Waals surface area contributed by atoms with E-state index in [1.165, 1.54) is 13.2 Å². The second kappa shape index (κ2) is 7.95. The summed E-state index contributed by atoms with van der Waals surface area (Å²) in [5, 5.41) is 5.81. The molecule has 0 aromatic heterocycles. The number of carbonyl (C=O) groups excluding carboxylic acids is 2. The van der Waals surface area contributed by atoms with Crippen molar-refractivity contribution < 1.29 is 14.3 Å². The third-order valence-corrected chi connectivity index (χ3v) is 3.59. The topological polar surface area (TPSA) is 67.4 Å². The molecule has 2 N–H and O–H groups in total. The lowest BCUT2D eigenvalue weighted by Gasteiger charge is -2.11. The number of anilines is 2. The van der Waals surface area contributed by atoms with Crippen molar-refractivity contribution in [2.75, 3.05) is 24.4 Å². The standard InChI is InChI=1S/C18H19ClN2O3/c1-11-6-12(2)8-14(7-11)20-18(23)13-4-5-15(19)16(9-13)21-17(22)10-24-3/h4-9H,10H2,1-3H3,(H,20,23)(H,21,22). The van der Waals surface area contributed by atoms with Crippen molar-refractivity contribution in [3.8, 4) is 0 Å². The molecule has 2 aromatic rings. The molecule has 0 fully saturated rings. The molecule has 0 unspecified atom stereocenters. The van der Waals surface area contributed by atoms with E-state index >= 15 is 0 Å². The van der Waals surface area contributed by atoms with Gasteiger partial charge in [0, 0.05) is 18.4 Å². The number of hydrogen-bond donors (Lipinski definition) is 2. The minimum absolute atomic E-state index is 0.0880. The van der Waals surface area contributed by atoms with Gasteiger partial charge in [0.2, 0.25) is 5.91 Å². The lowest BCUT2D eigenvalue weighted by molar-refractivity contribution is -0.119. The van der Waals surface area contributed by atoms with E-state index < -0.39 is 0 Å². The summed E-state index contributed by atoms with van der Waals surface area (Å²) < 4.78 is 4.76. The van der Waals surface area contributed by atoms with Gasteiger partial charge in [0.05, 0.1) is 10.7 Å². The molecule has 126 valence electrons. The number of nitrogens with one attached hydrogen (secondary N) is 2. The first-order chi connectivity index (χ1) is 11.4. The summed E-state index contributed by atoms with van der Waals surface area (Å²) >= 11 is 6.06. The van der Waals surface area contributed by atoms with E-state index in [9.17, 15) is 9.59 Å². The minimum atomic E-state index is -0.341. The Bertz CT molecular complexity index is 755. The van der Waals surface area contributed by atoms with E-state index in [2.05, 4.69) is 10.6 Å². The quantitative estimate of drug-likeness (QED) is 0.865. The van der Waals surface area contributed by atoms with Crippen LogP contribution >= 0.6 is 11.6 Å². The van der Waals surface area contributed by atoms with Crippen molar-refractivity contribution in [3.05, 3.63) is 58.1 Å². The molecule has 0 spiro atoms. The van der Waals surface area contributed by atoms with E-state index in [4.69, 9.17) is 16.3 Å². The first kappa shape index (κ1) is 18.0. The van der Waals surface area contributed by atoms with E-state index in [0.29, 0.717) is 16.3 Å². The van der Waals surface area contributed by atoms with Gasteiger partial charge >= 0.3 is 0 Å². The smallest absolute Gasteiger partial charge is 0.255 e. The van der Waals surface area contributed by atoms with E-state index in [1.54, 1.807) is 12.1 Å². The summed E-state index contributed by atoms with van der Waals surface area (Å²) in [4.78, 5) is 24.0. The highest BCUT2D eigenvalue weighted by Gasteiger charge is 2.12. The normalized spacial score (nSPS) is 10.3. The summed E-state index contributed by atoms with van der Waals surface area (Å²) in [5.41, 5.74) is 3.61. The van der Waals surface area contributed by atoms with Gasteiger partial charge in [-0.3, -0.25) is 9.59 Å². The average molecular weight is 347 g/mol. The van der Waals surface area contributed by atoms with Crippen LogP contribution in [0.1, 0.15) is 21.5 Å². The van der Waals surface area contributed by atoms with Crippen LogP contribution in [-0.4, -0.2) is 25.5 Å². The molecule has 0 saturated carbocycles. The Morgan fingerprint density at radius 2 is 1.71 bits per heavy atom. The number of aryl methyl sites for hydroxylation is 2. The number of ether oxygens (including phenoxy) is 1. The first-order valence-electron chi connectivity index (χ1n) is 7.37. The number of benzene rings is 2. The Kier molecular flexibility index (Phi) is 5.95. The largest absolute Gasteiger partial charge is 0.375 e. The number of carbonyl (C=O) groups is 2. The molecule has 24 heavy (non-hydrogen) atoms. The van der Waals surface area contributed by atoms with Gasteiger partial charge in [-0.15, -0.1) is 0 Å². The molecule has 0 aliphatic rings. The highest BCUT2D eigenvalue weighted by atomic mass is 35.5. The van der Waals surface area contributed by atoms with Gasteiger partial charge in [-0.05, 0) is 55.3 Å². The molecule has 0 heterocycles. The number of rotatable bonds is 5. The van der Waals surface area contributed by atoms with Gasteiger partial charge in [-0.25, -0.2) is 0 Å². The monoisotopic (exact) mass is 346 g/mol. The third-order valence-electron chi connectivity index (χ3n) is 3.26. The van der Waals surface area contributed by atoms with Gasteiger partial charge in [0.15, 0.2) is 0 Å². The van der Waals surface area contributed by atoms with Gasteiger partial charge in [-0.2, -0.15) is 0 Å². The lowest BCUT2D eigenvalue weighted by Crippen LogP contribution is -2.18. The second-order valence-corrected chi connectivity index (χ2v) is 5.91. The van der Waals surface area contributed by atoms with Crippen LogP contribution < -0.4 is 10.6 Å². The van der Waals surface area contributed by atoms with Crippen LogP contribution in [-0.2, 0) is 9.53 Å². The molecule has 2 amide bonds. The van der Waals surface area contributed by atoms with Crippen LogP contribution in [0.3, 0.4) is 0 Å². The van der Waals surface area contributed by atoms with Crippen LogP contribution in [0.4, 0.5) is 11.4 Å². The van der Waals surface area contributed by atoms with Crippen molar-refractivity contribution in [2.24, 2.45) is 0 Å². The van der Waals surface area contributed by atoms with Crippen molar-refractivity contribution in [2.45, 2.75) is 13.8 Å². The van der Waals surface area contributed by atoms with E-state index in [-0.39, 0.29) is 18.4 Å². The molecule has 0 bridgehead atoms. The fourth-order valence-electron chi connectivity index (χ4n) is 2.33. The predicted molar refractivity (Wildman–Crippen MR) is 95.8 cm³/mol. The number of methoxy groups -OCH3 is 1. The molecule has 2 rings (SSSR count). The Balaban J connectivity index is 2.18. The highest BCUT2D eigenvalue weighted by molar-refractivity contribution is 6.34. The fourth-order valence-corrected chi connectivity index (χ4v) is 2.49. The summed E-state index contributed by atoms with van der Waals surface area (Å²) in [6, 6.07) is 10.5. The Morgan fingerprint density at radius 3 is 2.33 bits per heavy atom. The molecule has 6 heteroatoms. The molecule has 2 aromatic carbocycles. The summed E-state index contributed by atoms with van der Waals surface area (Å²) in [6.45, 7) is 3.85. The van der Waals surface area contributed by atoms with Gasteiger partial charge in [0.25, 0.3) is 5.91 Å². The molecular weight excluding hydrogens is 328 g/mol. The van der Waals surface area contributed by atoms with Crippen molar-refractivity contribution in [1.29, 1.82) is 0 Å². The maximum Gasteiger partial charge on any atom is 0.255 e. The molecular formula is C18H19ClN2O3. The second-order valence-electron chi connectivity index (χ2n) is 5.51. The number of hydrogen-bond acceptors (Lipinski definition) is 3. The van der Waals surface area contributed by atoms with Crippen LogP contribution in [0, 0.1) is 13.8 Å². The number of halogens is 1. The highest BCUT2D eigenvalue weighted by Crippen LogP contribution is 2.24. The van der Waals surface area contributed by atoms with Crippen LogP contribution in [0.5, 0.6) is 0 Å². The van der Waals surface area contributed by atoms with Crippen LogP contribution in [0.15, 0.2) is 36.4 Å². The average Bonchev–Trinajstić information content (AvgIpc) is 2.48. The molecule has 5 nitrogen and oxygen atoms in total. The molecule has 0 aliphatic heterocycles. The molecule has 0 aliphatic carbocycles. The van der Waals surface area contributed by atoms with Gasteiger partial charge < -0.3 is 15.4 Å². The Morgan fingerprint density at radius 1 is 1.04 bits per heavy atom. The van der Waals surface area contributed by atoms with Gasteiger partial charge in [-0.1, -0.05) is 17.7 Å². The Hall–Kier alpha value is -2.37. The fraction of sp³-hybridized carbons (Fsp3) is 0.222. The lowest BCUT2D eigenvalue weighted by atomic mass is 10.1. The zero-order valence-corrected chi connectivity index (χ0v) is 14.5. The van der Waals surface area contributed by atoms with Crippen LogP contribution in [0.25, 0.3) is 0 Å². The maximum atomic E-state index is 12.4. The van der Waals surface area contributed by atoms with Crippen molar-refractivity contribution >= 4 is 34.8 Å². The Labute approximate surface area is 146 Å². The van der Waals surface area contributed by atoms with Crippen LogP contribution in [0.2, 0.25) is 5.02 Å². The molecule has 0 saturated heterocycles. The third kappa shape index (κ3) is 4.81. The maximum absolute atomic E-state index is 12.4. The summed E-state index contributed by atoms with van der Waals surface area (Å²) in [6.07, 6.45) is 0. The van der Waals surface area contributed by atoms with Gasteiger partial charge in [0.1, 0.15) is 6.61 Å². The molecule has 0 atom stereocenters.